The maximum absolute atomic E-state index is 13.3. The number of rotatable bonds is 4. The van der Waals surface area contributed by atoms with Gasteiger partial charge < -0.3 is 10.1 Å². The minimum atomic E-state index is -0.989. The molecule has 5 rings (SSSR count). The van der Waals surface area contributed by atoms with Crippen LogP contribution in [0.15, 0.2) is 65.6 Å². The summed E-state index contributed by atoms with van der Waals surface area (Å²) in [5.74, 6) is -0.427. The largest absolute Gasteiger partial charge is 0.450 e. The van der Waals surface area contributed by atoms with Crippen molar-refractivity contribution in [3.8, 4) is 11.8 Å². The maximum Gasteiger partial charge on any atom is 0.313 e. The molecule has 0 aromatic heterocycles. The van der Waals surface area contributed by atoms with Gasteiger partial charge in [-0.1, -0.05) is 41.3 Å². The predicted molar refractivity (Wildman–Crippen MR) is 118 cm³/mol. The van der Waals surface area contributed by atoms with Crippen LogP contribution in [-0.2, 0) is 10.2 Å². The molecule has 0 saturated heterocycles. The smallest absolute Gasteiger partial charge is 0.313 e. The highest BCUT2D eigenvalue weighted by Crippen LogP contribution is 2.54. The quantitative estimate of drug-likeness (QED) is 0.760. The van der Waals surface area contributed by atoms with E-state index in [1.54, 1.807) is 24.3 Å². The minimum Gasteiger partial charge on any atom is -0.450 e. The van der Waals surface area contributed by atoms with Crippen molar-refractivity contribution in [2.75, 3.05) is 0 Å². The van der Waals surface area contributed by atoms with Crippen molar-refractivity contribution in [1.29, 1.82) is 5.26 Å². The minimum absolute atomic E-state index is 0.0975. The molecule has 1 aliphatic carbocycles. The molecule has 1 saturated carbocycles. The van der Waals surface area contributed by atoms with E-state index in [1.807, 2.05) is 31.2 Å². The lowest BCUT2D eigenvalue weighted by atomic mass is 9.79. The zero-order valence-electron chi connectivity index (χ0n) is 16.8. The molecule has 2 aromatic carbocycles. The second-order valence-electron chi connectivity index (χ2n) is 8.22. The van der Waals surface area contributed by atoms with Gasteiger partial charge in [-0.25, -0.2) is 0 Å². The van der Waals surface area contributed by atoms with Crippen LogP contribution in [0.5, 0.6) is 5.75 Å². The van der Waals surface area contributed by atoms with Crippen LogP contribution in [0, 0.1) is 17.2 Å². The second-order valence-corrected chi connectivity index (χ2v) is 8.66. The van der Waals surface area contributed by atoms with E-state index in [0.29, 0.717) is 21.9 Å². The lowest BCUT2D eigenvalue weighted by Crippen LogP contribution is -2.60. The van der Waals surface area contributed by atoms with Gasteiger partial charge >= 0.3 is 5.91 Å². The van der Waals surface area contributed by atoms with Gasteiger partial charge in [0.25, 0.3) is 0 Å². The molecule has 152 valence electrons. The molecule has 1 N–H and O–H groups in total. The van der Waals surface area contributed by atoms with Crippen LogP contribution in [0.3, 0.4) is 0 Å². The van der Waals surface area contributed by atoms with Crippen LogP contribution in [-0.4, -0.2) is 30.1 Å². The number of benzene rings is 2. The van der Waals surface area contributed by atoms with Gasteiger partial charge in [0.15, 0.2) is 5.66 Å². The summed E-state index contributed by atoms with van der Waals surface area (Å²) in [4.78, 5) is 13.3. The third-order valence-electron chi connectivity index (χ3n) is 6.26. The monoisotopic (exact) mass is 428 g/mol. The first kappa shape index (κ1) is 19.7. The Balaban J connectivity index is 1.49. The van der Waals surface area contributed by atoms with Gasteiger partial charge in [-0.15, -0.1) is 0 Å². The molecule has 1 amide bonds. The normalized spacial score (nSPS) is 25.6. The van der Waals surface area contributed by atoms with Crippen LogP contribution in [0.4, 0.5) is 0 Å². The van der Waals surface area contributed by atoms with Crippen molar-refractivity contribution >= 4 is 36.5 Å². The van der Waals surface area contributed by atoms with Crippen LogP contribution < -0.4 is 15.5 Å². The average Bonchev–Trinajstić information content (AvgIpc) is 3.50. The van der Waals surface area contributed by atoms with Crippen LogP contribution in [0.2, 0.25) is 5.02 Å². The molecule has 2 radical (unpaired) electrons. The van der Waals surface area contributed by atoms with Gasteiger partial charge in [0.1, 0.15) is 19.5 Å². The third kappa shape index (κ3) is 3.02. The summed E-state index contributed by atoms with van der Waals surface area (Å²) in [6.07, 6.45) is 3.25. The summed E-state index contributed by atoms with van der Waals surface area (Å²) < 4.78 is 5.76. The number of fused-ring (bicyclic) bond motifs is 1. The lowest BCUT2D eigenvalue weighted by molar-refractivity contribution is -0.137. The molecule has 31 heavy (non-hydrogen) atoms. The molecule has 2 aliphatic heterocycles. The first-order valence-electron chi connectivity index (χ1n) is 9.98. The van der Waals surface area contributed by atoms with Crippen molar-refractivity contribution in [2.45, 2.75) is 30.8 Å². The number of halogens is 1. The molecule has 8 heteroatoms. The van der Waals surface area contributed by atoms with Gasteiger partial charge in [0, 0.05) is 16.6 Å². The zero-order valence-corrected chi connectivity index (χ0v) is 17.6. The summed E-state index contributed by atoms with van der Waals surface area (Å²) in [5.41, 5.74) is 1.01. The molecular weight excluding hydrogens is 411 g/mol. The standard InChI is InChI=1S/C23H18BClN4O2/c1-22-18(12-26)20(23(10-11-23)14-2-6-16(25)7-3-14)28-29(22)21(30)19(13-27-22)31-17-8-4-15(24)5-9-17/h2-9,13,18,27H,10-11H2,1H3. The third-order valence-corrected chi connectivity index (χ3v) is 6.51. The molecule has 2 unspecified atom stereocenters. The van der Waals surface area contributed by atoms with Crippen LogP contribution in [0.1, 0.15) is 25.3 Å². The Morgan fingerprint density at radius 2 is 1.90 bits per heavy atom. The van der Waals surface area contributed by atoms with E-state index in [4.69, 9.17) is 29.3 Å². The Morgan fingerprint density at radius 3 is 2.52 bits per heavy atom. The van der Waals surface area contributed by atoms with Crippen LogP contribution >= 0.6 is 11.6 Å². The fraction of sp³-hybridized carbons (Fsp3) is 0.261. The summed E-state index contributed by atoms with van der Waals surface area (Å²) in [5, 5.41) is 19.9. The van der Waals surface area contributed by atoms with Crippen LogP contribution in [0.25, 0.3) is 0 Å². The number of hydrogen-bond donors (Lipinski definition) is 1. The fourth-order valence-corrected chi connectivity index (χ4v) is 4.44. The summed E-state index contributed by atoms with van der Waals surface area (Å²) in [6, 6.07) is 16.8. The fourth-order valence-electron chi connectivity index (χ4n) is 4.32. The van der Waals surface area contributed by atoms with Crippen molar-refractivity contribution in [3.63, 3.8) is 0 Å². The van der Waals surface area contributed by atoms with E-state index in [1.165, 1.54) is 11.2 Å². The number of nitriles is 1. The molecule has 2 atom stereocenters. The zero-order chi connectivity index (χ0) is 21.8. The Bertz CT molecular complexity index is 1170. The van der Waals surface area contributed by atoms with E-state index in [0.717, 1.165) is 18.4 Å². The van der Waals surface area contributed by atoms with Gasteiger partial charge in [0.05, 0.1) is 11.8 Å². The number of hydrogen-bond acceptors (Lipinski definition) is 5. The van der Waals surface area contributed by atoms with E-state index >= 15 is 0 Å². The number of ether oxygens (including phenoxy) is 1. The Labute approximate surface area is 186 Å². The predicted octanol–water partition coefficient (Wildman–Crippen LogP) is 2.74. The first-order valence-corrected chi connectivity index (χ1v) is 10.4. The Morgan fingerprint density at radius 1 is 1.23 bits per heavy atom. The Kier molecular flexibility index (Phi) is 4.38. The molecule has 6 nitrogen and oxygen atoms in total. The molecule has 0 bridgehead atoms. The highest BCUT2D eigenvalue weighted by Gasteiger charge is 2.62. The first-order chi connectivity index (χ1) is 14.9. The SMILES string of the molecule is [B]c1ccc(OC2=CNC3(C)C(C#N)C(C4(c5ccc(Cl)cc5)CC4)=NN3C2=O)cc1. The number of nitrogens with zero attached hydrogens (tertiary/aromatic N) is 3. The average molecular weight is 429 g/mol. The van der Waals surface area contributed by atoms with Gasteiger partial charge in [-0.2, -0.15) is 15.4 Å². The second kappa shape index (κ2) is 6.89. The highest BCUT2D eigenvalue weighted by molar-refractivity contribution is 6.32. The highest BCUT2D eigenvalue weighted by atomic mass is 35.5. The van der Waals surface area contributed by atoms with Crippen molar-refractivity contribution < 1.29 is 9.53 Å². The Hall–Kier alpha value is -3.24. The van der Waals surface area contributed by atoms with Gasteiger partial charge in [-0.05, 0) is 49.6 Å². The molecule has 0 spiro atoms. The maximum atomic E-state index is 13.3. The van der Waals surface area contributed by atoms with Crippen molar-refractivity contribution in [1.82, 2.24) is 10.3 Å². The van der Waals surface area contributed by atoms with Gasteiger partial charge in [0.2, 0.25) is 5.76 Å². The van der Waals surface area contributed by atoms with E-state index in [9.17, 15) is 10.1 Å². The number of hydrazone groups is 1. The van der Waals surface area contributed by atoms with E-state index in [2.05, 4.69) is 11.4 Å². The van der Waals surface area contributed by atoms with Gasteiger partial charge in [-0.3, -0.25) is 4.79 Å². The molecular formula is C23H18BClN4O2. The molecule has 2 aromatic rings. The summed E-state index contributed by atoms with van der Waals surface area (Å²) >= 11 is 6.06. The molecule has 3 aliphatic rings. The molecule has 2 heterocycles. The van der Waals surface area contributed by atoms with Crippen molar-refractivity contribution in [2.24, 2.45) is 11.0 Å². The number of carbonyl (C=O) groups is 1. The summed E-state index contributed by atoms with van der Waals surface area (Å²) in [7, 11) is 5.71. The number of amides is 1. The summed E-state index contributed by atoms with van der Waals surface area (Å²) in [6.45, 7) is 1.81. The molecule has 1 fully saturated rings. The lowest BCUT2D eigenvalue weighted by Gasteiger charge is -2.38. The van der Waals surface area contributed by atoms with E-state index < -0.39 is 17.5 Å². The topological polar surface area (TPSA) is 77.7 Å². The number of carbonyl (C=O) groups excluding carboxylic acids is 1. The van der Waals surface area contributed by atoms with E-state index in [-0.39, 0.29) is 11.2 Å². The number of nitrogens with one attached hydrogen (secondary N) is 1. The van der Waals surface area contributed by atoms with Crippen molar-refractivity contribution in [3.05, 3.63) is 71.1 Å².